The summed E-state index contributed by atoms with van der Waals surface area (Å²) in [6, 6.07) is 9.73. The minimum absolute atomic E-state index is 0.0126. The van der Waals surface area contributed by atoms with Crippen LogP contribution in [0.2, 0.25) is 0 Å². The number of amides is 2. The maximum atomic E-state index is 11.4. The first-order chi connectivity index (χ1) is 15.0. The van der Waals surface area contributed by atoms with Crippen LogP contribution in [0, 0.1) is 0 Å². The summed E-state index contributed by atoms with van der Waals surface area (Å²) in [4.78, 5) is 34.9. The molecule has 1 atom stereocenters. The molecule has 1 aromatic carbocycles. The Bertz CT molecular complexity index is 1050. The molecule has 0 bridgehead atoms. The number of nitrogens with one attached hydrogen (secondary N) is 2. The van der Waals surface area contributed by atoms with Gasteiger partial charge in [0.15, 0.2) is 6.10 Å². The van der Waals surface area contributed by atoms with E-state index < -0.39 is 12.2 Å². The zero-order chi connectivity index (χ0) is 22.2. The van der Waals surface area contributed by atoms with E-state index in [1.807, 2.05) is 30.3 Å². The number of aromatic nitrogens is 3. The fourth-order valence-corrected chi connectivity index (χ4v) is 3.39. The van der Waals surface area contributed by atoms with Crippen molar-refractivity contribution in [3.63, 3.8) is 0 Å². The number of hydrogen-bond acceptors (Lipinski definition) is 6. The number of nitrogens with zero attached hydrogens (tertiary/aromatic N) is 2. The van der Waals surface area contributed by atoms with E-state index in [-0.39, 0.29) is 5.91 Å². The van der Waals surface area contributed by atoms with Crippen LogP contribution in [-0.2, 0) is 9.53 Å². The summed E-state index contributed by atoms with van der Waals surface area (Å²) in [6.07, 6.45) is 3.53. The number of nitrogens with two attached hydrogens (primary N) is 1. The number of unbranched alkanes of at least 4 members (excludes halogenated alkanes) is 2. The zero-order valence-corrected chi connectivity index (χ0v) is 17.7. The number of rotatable bonds is 10. The lowest BCUT2D eigenvalue weighted by Gasteiger charge is -2.14. The highest BCUT2D eigenvalue weighted by atomic mass is 16.6. The Morgan fingerprint density at radius 2 is 2.03 bits per heavy atom. The molecule has 3 rings (SSSR count). The maximum absolute atomic E-state index is 11.4. The molecule has 2 heterocycles. The number of hydrogen-bond donors (Lipinski definition) is 3. The molecule has 164 valence electrons. The number of ether oxygens (including phenoxy) is 2. The largest absolute Gasteiger partial charge is 0.480 e. The highest BCUT2D eigenvalue weighted by molar-refractivity contribution is 5.85. The van der Waals surface area contributed by atoms with Gasteiger partial charge in [-0.2, -0.15) is 0 Å². The number of para-hydroxylation sites is 1. The molecule has 9 heteroatoms. The average molecular weight is 425 g/mol. The van der Waals surface area contributed by atoms with Crippen LogP contribution in [0.1, 0.15) is 44.0 Å². The first-order valence-electron chi connectivity index (χ1n) is 10.2. The molecule has 31 heavy (non-hydrogen) atoms. The van der Waals surface area contributed by atoms with Gasteiger partial charge < -0.3 is 25.5 Å². The molecule has 9 nitrogen and oxygen atoms in total. The molecule has 0 aliphatic carbocycles. The second-order valence-corrected chi connectivity index (χ2v) is 7.12. The molecular weight excluding hydrogens is 398 g/mol. The van der Waals surface area contributed by atoms with Crippen LogP contribution in [0.15, 0.2) is 36.5 Å². The third-order valence-electron chi connectivity index (χ3n) is 4.98. The van der Waals surface area contributed by atoms with Gasteiger partial charge in [-0.15, -0.1) is 0 Å². The normalized spacial score (nSPS) is 11.8. The molecular formula is C22H27N5O4. The standard InChI is InChI=1S/C22H27N5O4/c1-24-19(28)11-5-3-4-10-18(31-22(23)29)20-25-13-17(26-20)15-12-14-8-6-7-9-16(14)27-21(15)30-2/h6-9,12-13,18H,3-5,10-11H2,1-2H3,(H2,23,29)(H,24,28)(H,25,26). The summed E-state index contributed by atoms with van der Waals surface area (Å²) in [6.45, 7) is 0. The van der Waals surface area contributed by atoms with Gasteiger partial charge in [-0.05, 0) is 31.4 Å². The fraction of sp³-hybridized carbons (Fsp3) is 0.364. The summed E-state index contributed by atoms with van der Waals surface area (Å²) in [5.74, 6) is 0.976. The molecule has 1 unspecified atom stereocenters. The van der Waals surface area contributed by atoms with Crippen molar-refractivity contribution in [3.05, 3.63) is 42.4 Å². The summed E-state index contributed by atoms with van der Waals surface area (Å²) in [5, 5.41) is 3.57. The van der Waals surface area contributed by atoms with E-state index >= 15 is 0 Å². The van der Waals surface area contributed by atoms with Gasteiger partial charge >= 0.3 is 6.09 Å². The van der Waals surface area contributed by atoms with Gasteiger partial charge in [-0.1, -0.05) is 24.6 Å². The lowest BCUT2D eigenvalue weighted by atomic mass is 10.1. The average Bonchev–Trinajstić information content (AvgIpc) is 3.26. The Labute approximate surface area is 180 Å². The Hall–Kier alpha value is -3.62. The highest BCUT2D eigenvalue weighted by Crippen LogP contribution is 2.32. The smallest absolute Gasteiger partial charge is 0.405 e. The van der Waals surface area contributed by atoms with Gasteiger partial charge in [0.2, 0.25) is 11.8 Å². The third kappa shape index (κ3) is 5.71. The summed E-state index contributed by atoms with van der Waals surface area (Å²) < 4.78 is 10.7. The Balaban J connectivity index is 1.76. The van der Waals surface area contributed by atoms with E-state index in [0.29, 0.717) is 30.2 Å². The number of primary amides is 1. The number of H-pyrrole nitrogens is 1. The predicted octanol–water partition coefficient (Wildman–Crippen LogP) is 3.47. The van der Waals surface area contributed by atoms with Crippen molar-refractivity contribution in [1.29, 1.82) is 0 Å². The number of fused-ring (bicyclic) bond motifs is 1. The van der Waals surface area contributed by atoms with Crippen LogP contribution in [-0.4, -0.2) is 41.1 Å². The molecule has 0 fully saturated rings. The molecule has 4 N–H and O–H groups in total. The van der Waals surface area contributed by atoms with Crippen molar-refractivity contribution >= 4 is 22.9 Å². The van der Waals surface area contributed by atoms with Crippen LogP contribution in [0.4, 0.5) is 4.79 Å². The number of carbonyl (C=O) groups is 2. The predicted molar refractivity (Wildman–Crippen MR) is 116 cm³/mol. The molecule has 0 spiro atoms. The second-order valence-electron chi connectivity index (χ2n) is 7.12. The van der Waals surface area contributed by atoms with Crippen LogP contribution >= 0.6 is 0 Å². The van der Waals surface area contributed by atoms with Gasteiger partial charge in [0.25, 0.3) is 0 Å². The molecule has 0 radical (unpaired) electrons. The number of carbonyl (C=O) groups excluding carboxylic acids is 2. The molecule has 0 aliphatic rings. The van der Waals surface area contributed by atoms with Crippen molar-refractivity contribution in [2.75, 3.05) is 14.2 Å². The molecule has 3 aromatic rings. The van der Waals surface area contributed by atoms with Crippen LogP contribution in [0.25, 0.3) is 22.2 Å². The fourth-order valence-electron chi connectivity index (χ4n) is 3.39. The van der Waals surface area contributed by atoms with Gasteiger partial charge in [-0.3, -0.25) is 4.79 Å². The van der Waals surface area contributed by atoms with Crippen molar-refractivity contribution in [2.24, 2.45) is 5.73 Å². The SMILES string of the molecule is CNC(=O)CCCCCC(OC(N)=O)c1ncc(-c2cc3ccccc3nc2OC)[nH]1. The quantitative estimate of drug-likeness (QED) is 0.426. The second kappa shape index (κ2) is 10.4. The molecule has 0 aliphatic heterocycles. The molecule has 0 saturated carbocycles. The van der Waals surface area contributed by atoms with Crippen molar-refractivity contribution < 1.29 is 19.1 Å². The topological polar surface area (TPSA) is 132 Å². The summed E-state index contributed by atoms with van der Waals surface area (Å²) in [5.41, 5.74) is 7.54. The Kier molecular flexibility index (Phi) is 7.42. The van der Waals surface area contributed by atoms with Gasteiger partial charge in [0, 0.05) is 18.9 Å². The summed E-state index contributed by atoms with van der Waals surface area (Å²) in [7, 11) is 3.18. The summed E-state index contributed by atoms with van der Waals surface area (Å²) >= 11 is 0. The third-order valence-corrected chi connectivity index (χ3v) is 4.98. The monoisotopic (exact) mass is 425 g/mol. The van der Waals surface area contributed by atoms with Crippen molar-refractivity contribution in [3.8, 4) is 17.1 Å². The van der Waals surface area contributed by atoms with E-state index in [4.69, 9.17) is 15.2 Å². The van der Waals surface area contributed by atoms with E-state index in [9.17, 15) is 9.59 Å². The van der Waals surface area contributed by atoms with E-state index in [1.165, 1.54) is 0 Å². The minimum Gasteiger partial charge on any atom is -0.480 e. The van der Waals surface area contributed by atoms with Crippen LogP contribution in [0.5, 0.6) is 5.88 Å². The number of pyridine rings is 1. The van der Waals surface area contributed by atoms with E-state index in [0.717, 1.165) is 35.7 Å². The Morgan fingerprint density at radius 3 is 2.77 bits per heavy atom. The first-order valence-corrected chi connectivity index (χ1v) is 10.2. The number of aromatic amines is 1. The maximum Gasteiger partial charge on any atom is 0.405 e. The van der Waals surface area contributed by atoms with E-state index in [2.05, 4.69) is 20.3 Å². The van der Waals surface area contributed by atoms with Crippen LogP contribution in [0.3, 0.4) is 0 Å². The molecule has 0 saturated heterocycles. The van der Waals surface area contributed by atoms with E-state index in [1.54, 1.807) is 20.4 Å². The lowest BCUT2D eigenvalue weighted by molar-refractivity contribution is -0.120. The lowest BCUT2D eigenvalue weighted by Crippen LogP contribution is -2.18. The number of benzene rings is 1. The van der Waals surface area contributed by atoms with Crippen LogP contribution < -0.4 is 15.8 Å². The first kappa shape index (κ1) is 22.1. The molecule has 2 amide bonds. The number of methoxy groups -OCH3 is 1. The van der Waals surface area contributed by atoms with Crippen molar-refractivity contribution in [1.82, 2.24) is 20.3 Å². The Morgan fingerprint density at radius 1 is 1.23 bits per heavy atom. The molecule has 2 aromatic heterocycles. The number of imidazole rings is 1. The van der Waals surface area contributed by atoms with Gasteiger partial charge in [0.1, 0.15) is 5.82 Å². The minimum atomic E-state index is -0.863. The highest BCUT2D eigenvalue weighted by Gasteiger charge is 2.20. The van der Waals surface area contributed by atoms with Gasteiger partial charge in [-0.25, -0.2) is 14.8 Å². The van der Waals surface area contributed by atoms with Crippen molar-refractivity contribution in [2.45, 2.75) is 38.2 Å². The zero-order valence-electron chi connectivity index (χ0n) is 17.7. The van der Waals surface area contributed by atoms with Gasteiger partial charge in [0.05, 0.1) is 30.1 Å².